The number of carbonyl (C=O) groups is 3. The normalized spacial score (nSPS) is 10.5. The van der Waals surface area contributed by atoms with Gasteiger partial charge in [-0.15, -0.1) is 23.1 Å². The van der Waals surface area contributed by atoms with E-state index < -0.39 is 0 Å². The van der Waals surface area contributed by atoms with Crippen molar-refractivity contribution in [2.75, 3.05) is 11.6 Å². The van der Waals surface area contributed by atoms with E-state index in [0.717, 1.165) is 15.5 Å². The molecule has 0 saturated heterocycles. The Morgan fingerprint density at radius 2 is 1.80 bits per heavy atom. The highest BCUT2D eigenvalue weighted by molar-refractivity contribution is 7.98. The van der Waals surface area contributed by atoms with Crippen LogP contribution in [0.4, 0.5) is 5.69 Å². The molecule has 0 fully saturated rings. The van der Waals surface area contributed by atoms with Crippen molar-refractivity contribution in [2.45, 2.75) is 37.5 Å². The Morgan fingerprint density at radius 1 is 1.04 bits per heavy atom. The lowest BCUT2D eigenvalue weighted by molar-refractivity contribution is -0.122. The summed E-state index contributed by atoms with van der Waals surface area (Å²) in [4.78, 5) is 38.7. The number of thiophene rings is 1. The molecular weight excluding hydrogens is 354 g/mol. The molecule has 0 aliphatic carbocycles. The number of nitrogens with one attached hydrogen (secondary N) is 1. The van der Waals surface area contributed by atoms with Gasteiger partial charge in [-0.2, -0.15) is 0 Å². The molecule has 0 aliphatic heterocycles. The van der Waals surface area contributed by atoms with Crippen molar-refractivity contribution in [1.82, 2.24) is 0 Å². The zero-order valence-corrected chi connectivity index (χ0v) is 16.0. The van der Waals surface area contributed by atoms with Crippen LogP contribution in [0, 0.1) is 6.92 Å². The van der Waals surface area contributed by atoms with Gasteiger partial charge in [-0.3, -0.25) is 14.4 Å². The molecule has 0 bridgehead atoms. The van der Waals surface area contributed by atoms with Gasteiger partial charge in [0.05, 0.1) is 4.88 Å². The lowest BCUT2D eigenvalue weighted by Gasteiger charge is -2.06. The largest absolute Gasteiger partial charge is 0.326 e. The van der Waals surface area contributed by atoms with E-state index in [2.05, 4.69) is 5.32 Å². The molecule has 1 aromatic carbocycles. The number of aryl methyl sites for hydroxylation is 1. The molecule has 0 aliphatic rings. The Bertz CT molecular complexity index is 768. The van der Waals surface area contributed by atoms with Crippen molar-refractivity contribution in [3.05, 3.63) is 46.2 Å². The molecule has 25 heavy (non-hydrogen) atoms. The zero-order valence-electron chi connectivity index (χ0n) is 14.3. The summed E-state index contributed by atoms with van der Waals surface area (Å²) in [5.41, 5.74) is 0.729. The quantitative estimate of drug-likeness (QED) is 0.508. The van der Waals surface area contributed by atoms with E-state index >= 15 is 0 Å². The summed E-state index contributed by atoms with van der Waals surface area (Å²) in [6, 6.07) is 11.3. The van der Waals surface area contributed by atoms with E-state index in [1.165, 1.54) is 11.3 Å². The van der Waals surface area contributed by atoms with Crippen molar-refractivity contribution >= 4 is 46.3 Å². The minimum atomic E-state index is -0.188. The Hall–Kier alpha value is -1.92. The number of ketones is 2. The van der Waals surface area contributed by atoms with Crippen molar-refractivity contribution in [3.8, 4) is 0 Å². The van der Waals surface area contributed by atoms with Gasteiger partial charge in [0.1, 0.15) is 5.78 Å². The molecule has 6 heteroatoms. The SMILES string of the molecule is CSc1cccc(NC(=O)CCC(=O)CCC(=O)c2ccc(C)s2)c1. The van der Waals surface area contributed by atoms with Crippen molar-refractivity contribution in [3.63, 3.8) is 0 Å². The standard InChI is InChI=1S/C19H21NO3S2/c1-13-6-10-18(25-13)17(22)9-7-15(21)8-11-19(23)20-14-4-3-5-16(12-14)24-2/h3-6,10,12H,7-9,11H2,1-2H3,(H,20,23). The molecule has 0 saturated carbocycles. The molecule has 1 aromatic heterocycles. The number of hydrogen-bond donors (Lipinski definition) is 1. The first-order chi connectivity index (χ1) is 12.0. The molecule has 2 aromatic rings. The fourth-order valence-electron chi connectivity index (χ4n) is 2.26. The first-order valence-electron chi connectivity index (χ1n) is 8.03. The van der Waals surface area contributed by atoms with Gasteiger partial charge in [0.15, 0.2) is 5.78 Å². The van der Waals surface area contributed by atoms with Crippen LogP contribution in [0.1, 0.15) is 40.2 Å². The molecule has 0 unspecified atom stereocenters. The topological polar surface area (TPSA) is 63.2 Å². The van der Waals surface area contributed by atoms with Gasteiger partial charge >= 0.3 is 0 Å². The minimum absolute atomic E-state index is 0.00946. The zero-order chi connectivity index (χ0) is 18.2. The summed E-state index contributed by atoms with van der Waals surface area (Å²) in [5, 5.41) is 2.80. The predicted octanol–water partition coefficient (Wildman–Crippen LogP) is 4.73. The Balaban J connectivity index is 1.72. The van der Waals surface area contributed by atoms with E-state index in [1.54, 1.807) is 17.8 Å². The second kappa shape index (κ2) is 9.53. The Kier molecular flexibility index (Phi) is 7.40. The number of rotatable bonds is 9. The second-order valence-electron chi connectivity index (χ2n) is 5.65. The van der Waals surface area contributed by atoms with Gasteiger partial charge < -0.3 is 5.32 Å². The van der Waals surface area contributed by atoms with Gasteiger partial charge in [-0.05, 0) is 43.5 Å². The van der Waals surface area contributed by atoms with Crippen LogP contribution >= 0.6 is 23.1 Å². The van der Waals surface area contributed by atoms with Crippen molar-refractivity contribution in [2.24, 2.45) is 0 Å². The second-order valence-corrected chi connectivity index (χ2v) is 7.82. The Labute approximate surface area is 156 Å². The van der Waals surface area contributed by atoms with Crippen molar-refractivity contribution in [1.29, 1.82) is 0 Å². The van der Waals surface area contributed by atoms with Gasteiger partial charge in [0.2, 0.25) is 5.91 Å². The molecule has 132 valence electrons. The molecular formula is C19H21NO3S2. The molecule has 0 atom stereocenters. The summed E-state index contributed by atoms with van der Waals surface area (Å²) < 4.78 is 0. The lowest BCUT2D eigenvalue weighted by atomic mass is 10.1. The number of carbonyl (C=O) groups excluding carboxylic acids is 3. The number of anilines is 1. The highest BCUT2D eigenvalue weighted by Crippen LogP contribution is 2.20. The van der Waals surface area contributed by atoms with Crippen LogP contribution in [0.5, 0.6) is 0 Å². The van der Waals surface area contributed by atoms with Crippen LogP contribution in [0.2, 0.25) is 0 Å². The fraction of sp³-hybridized carbons (Fsp3) is 0.316. The van der Waals surface area contributed by atoms with Gasteiger partial charge in [-0.25, -0.2) is 0 Å². The van der Waals surface area contributed by atoms with Crippen LogP contribution in [-0.4, -0.2) is 23.7 Å². The highest BCUT2D eigenvalue weighted by Gasteiger charge is 2.12. The maximum atomic E-state index is 12.0. The van der Waals surface area contributed by atoms with Crippen LogP contribution < -0.4 is 5.32 Å². The first-order valence-corrected chi connectivity index (χ1v) is 10.1. The maximum Gasteiger partial charge on any atom is 0.224 e. The third-order valence-electron chi connectivity index (χ3n) is 3.63. The molecule has 1 amide bonds. The minimum Gasteiger partial charge on any atom is -0.326 e. The average Bonchev–Trinajstić information content (AvgIpc) is 3.04. The maximum absolute atomic E-state index is 12.0. The van der Waals surface area contributed by atoms with Gasteiger partial charge in [0, 0.05) is 41.1 Å². The first kappa shape index (κ1) is 19.4. The predicted molar refractivity (Wildman–Crippen MR) is 104 cm³/mol. The summed E-state index contributed by atoms with van der Waals surface area (Å²) in [6.45, 7) is 1.94. The number of amides is 1. The van der Waals surface area contributed by atoms with Crippen LogP contribution in [-0.2, 0) is 9.59 Å². The van der Waals surface area contributed by atoms with E-state index in [9.17, 15) is 14.4 Å². The van der Waals surface area contributed by atoms with E-state index in [1.807, 2.05) is 43.5 Å². The van der Waals surface area contributed by atoms with E-state index in [0.29, 0.717) is 4.88 Å². The summed E-state index contributed by atoms with van der Waals surface area (Å²) >= 11 is 3.04. The number of hydrogen-bond acceptors (Lipinski definition) is 5. The number of thioether (sulfide) groups is 1. The van der Waals surface area contributed by atoms with E-state index in [4.69, 9.17) is 0 Å². The Morgan fingerprint density at radius 3 is 2.48 bits per heavy atom. The monoisotopic (exact) mass is 375 g/mol. The van der Waals surface area contributed by atoms with Gasteiger partial charge in [0.25, 0.3) is 0 Å². The fourth-order valence-corrected chi connectivity index (χ4v) is 3.56. The van der Waals surface area contributed by atoms with Crippen LogP contribution in [0.15, 0.2) is 41.3 Å². The van der Waals surface area contributed by atoms with Crippen molar-refractivity contribution < 1.29 is 14.4 Å². The number of benzene rings is 1. The smallest absolute Gasteiger partial charge is 0.224 e. The summed E-state index contributed by atoms with van der Waals surface area (Å²) in [6.07, 6.45) is 2.65. The summed E-state index contributed by atoms with van der Waals surface area (Å²) in [5.74, 6) is -0.258. The third kappa shape index (κ3) is 6.48. The van der Waals surface area contributed by atoms with Crippen LogP contribution in [0.25, 0.3) is 0 Å². The van der Waals surface area contributed by atoms with Crippen LogP contribution in [0.3, 0.4) is 0 Å². The molecule has 0 radical (unpaired) electrons. The molecule has 1 heterocycles. The van der Waals surface area contributed by atoms with Gasteiger partial charge in [-0.1, -0.05) is 6.07 Å². The van der Waals surface area contributed by atoms with E-state index in [-0.39, 0.29) is 43.2 Å². The molecule has 4 nitrogen and oxygen atoms in total. The lowest BCUT2D eigenvalue weighted by Crippen LogP contribution is -2.13. The molecule has 1 N–H and O–H groups in total. The summed E-state index contributed by atoms with van der Waals surface area (Å²) in [7, 11) is 0. The number of Topliss-reactive ketones (excluding diaryl/α,β-unsaturated/α-hetero) is 2. The highest BCUT2D eigenvalue weighted by atomic mass is 32.2. The average molecular weight is 376 g/mol. The molecule has 0 spiro atoms. The third-order valence-corrected chi connectivity index (χ3v) is 5.40. The molecule has 2 rings (SSSR count).